The summed E-state index contributed by atoms with van der Waals surface area (Å²) in [4.78, 5) is 28.4. The maximum Gasteiger partial charge on any atom is 0.311 e. The van der Waals surface area contributed by atoms with E-state index in [1.165, 1.54) is 21.6 Å². The Morgan fingerprint density at radius 2 is 1.64 bits per heavy atom. The van der Waals surface area contributed by atoms with Crippen LogP contribution in [-0.4, -0.2) is 72.6 Å². The summed E-state index contributed by atoms with van der Waals surface area (Å²) in [5.74, 6) is -0.210. The summed E-state index contributed by atoms with van der Waals surface area (Å²) in [6.45, 7) is 2.94. The molecule has 0 bridgehead atoms. The van der Waals surface area contributed by atoms with Crippen LogP contribution in [0.4, 0.5) is 0 Å². The van der Waals surface area contributed by atoms with Gasteiger partial charge in [0.1, 0.15) is 0 Å². The van der Waals surface area contributed by atoms with E-state index >= 15 is 0 Å². The zero-order valence-electron chi connectivity index (χ0n) is 19.5. The Morgan fingerprint density at radius 3 is 2.27 bits per heavy atom. The zero-order valence-corrected chi connectivity index (χ0v) is 19.5. The lowest BCUT2D eigenvalue weighted by atomic mass is 9.71. The second-order valence-corrected chi connectivity index (χ2v) is 9.56. The number of carbonyl (C=O) groups is 2. The van der Waals surface area contributed by atoms with Gasteiger partial charge in [-0.3, -0.25) is 9.59 Å². The summed E-state index contributed by atoms with van der Waals surface area (Å²) in [7, 11) is 1.58. The number of fused-ring (bicyclic) bond motifs is 1. The third-order valence-electron chi connectivity index (χ3n) is 7.07. The number of hydrogen-bond donors (Lipinski definition) is 2. The van der Waals surface area contributed by atoms with Gasteiger partial charge in [0.05, 0.1) is 6.10 Å². The predicted octanol–water partition coefficient (Wildman–Crippen LogP) is 2.22. The van der Waals surface area contributed by atoms with Crippen LogP contribution in [0, 0.1) is 5.92 Å². The molecule has 1 unspecified atom stereocenters. The first-order valence-electron chi connectivity index (χ1n) is 12.0. The Hall–Kier alpha value is -2.70. The maximum absolute atomic E-state index is 12.5. The van der Waals surface area contributed by atoms with Crippen molar-refractivity contribution in [3.63, 3.8) is 0 Å². The average molecular weight is 450 g/mol. The molecule has 176 valence electrons. The maximum atomic E-state index is 12.5. The molecule has 1 aliphatic heterocycles. The molecule has 0 saturated heterocycles. The van der Waals surface area contributed by atoms with Gasteiger partial charge in [0.15, 0.2) is 0 Å². The van der Waals surface area contributed by atoms with Gasteiger partial charge in [-0.2, -0.15) is 0 Å². The van der Waals surface area contributed by atoms with Crippen molar-refractivity contribution in [2.75, 3.05) is 39.8 Å². The lowest BCUT2D eigenvalue weighted by Gasteiger charge is -2.35. The molecule has 0 aromatic heterocycles. The fourth-order valence-electron chi connectivity index (χ4n) is 5.04. The quantitative estimate of drug-likeness (QED) is 0.636. The van der Waals surface area contributed by atoms with Gasteiger partial charge >= 0.3 is 11.8 Å². The first kappa shape index (κ1) is 23.5. The normalized spacial score (nSPS) is 21.3. The summed E-state index contributed by atoms with van der Waals surface area (Å²) >= 11 is 0. The van der Waals surface area contributed by atoms with Crippen molar-refractivity contribution in [2.45, 2.75) is 37.7 Å². The van der Waals surface area contributed by atoms with Crippen LogP contribution in [0.3, 0.4) is 0 Å². The van der Waals surface area contributed by atoms with Crippen LogP contribution in [-0.2, 0) is 22.4 Å². The van der Waals surface area contributed by atoms with Crippen molar-refractivity contribution in [2.24, 2.45) is 5.92 Å². The number of aliphatic hydroxyl groups excluding tert-OH is 1. The Morgan fingerprint density at radius 1 is 1.03 bits per heavy atom. The fraction of sp³-hybridized carbons (Fsp3) is 0.481. The molecule has 2 aromatic rings. The Bertz CT molecular complexity index is 916. The topological polar surface area (TPSA) is 72.9 Å². The van der Waals surface area contributed by atoms with Crippen LogP contribution >= 0.6 is 0 Å². The van der Waals surface area contributed by atoms with Gasteiger partial charge in [-0.25, -0.2) is 0 Å². The molecule has 4 rings (SSSR count). The van der Waals surface area contributed by atoms with E-state index in [4.69, 9.17) is 0 Å². The van der Waals surface area contributed by atoms with Gasteiger partial charge in [-0.05, 0) is 54.2 Å². The Labute approximate surface area is 196 Å². The van der Waals surface area contributed by atoms with Gasteiger partial charge in [0, 0.05) is 39.8 Å². The number of aliphatic hydroxyl groups is 1. The second-order valence-electron chi connectivity index (χ2n) is 9.56. The van der Waals surface area contributed by atoms with E-state index in [1.807, 2.05) is 6.07 Å². The molecule has 1 fully saturated rings. The predicted molar refractivity (Wildman–Crippen MR) is 129 cm³/mol. The smallest absolute Gasteiger partial charge is 0.311 e. The number of amides is 2. The van der Waals surface area contributed by atoms with E-state index in [2.05, 4.69) is 58.7 Å². The van der Waals surface area contributed by atoms with Gasteiger partial charge in [-0.1, -0.05) is 54.6 Å². The molecule has 1 aliphatic carbocycles. The van der Waals surface area contributed by atoms with E-state index < -0.39 is 17.9 Å². The van der Waals surface area contributed by atoms with E-state index in [9.17, 15) is 14.7 Å². The monoisotopic (exact) mass is 449 g/mol. The number of nitrogens with one attached hydrogen (secondary N) is 1. The Kier molecular flexibility index (Phi) is 7.78. The number of carbonyl (C=O) groups excluding carboxylic acids is 2. The number of β-amino-alcohol motifs (C(OH)–C–C–N with tert-alkyl or cyclic N) is 1. The molecule has 33 heavy (non-hydrogen) atoms. The third-order valence-corrected chi connectivity index (χ3v) is 7.07. The van der Waals surface area contributed by atoms with Crippen LogP contribution in [0.2, 0.25) is 0 Å². The van der Waals surface area contributed by atoms with Crippen molar-refractivity contribution >= 4 is 11.8 Å². The fourth-order valence-corrected chi connectivity index (χ4v) is 5.04. The highest BCUT2D eigenvalue weighted by Crippen LogP contribution is 2.40. The van der Waals surface area contributed by atoms with Gasteiger partial charge in [0.25, 0.3) is 0 Å². The van der Waals surface area contributed by atoms with Crippen molar-refractivity contribution in [3.05, 3.63) is 71.3 Å². The highest BCUT2D eigenvalue weighted by molar-refractivity contribution is 6.34. The summed E-state index contributed by atoms with van der Waals surface area (Å²) in [5, 5.41) is 13.3. The molecule has 2 N–H and O–H groups in total. The lowest BCUT2D eigenvalue weighted by molar-refractivity contribution is -0.146. The highest BCUT2D eigenvalue weighted by Gasteiger charge is 2.31. The van der Waals surface area contributed by atoms with Gasteiger partial charge < -0.3 is 20.2 Å². The largest absolute Gasteiger partial charge is 0.390 e. The van der Waals surface area contributed by atoms with Crippen molar-refractivity contribution in [3.8, 4) is 0 Å². The van der Waals surface area contributed by atoms with Crippen LogP contribution in [0.15, 0.2) is 54.6 Å². The molecule has 0 spiro atoms. The molecule has 1 heterocycles. The van der Waals surface area contributed by atoms with E-state index in [1.54, 1.807) is 7.05 Å². The van der Waals surface area contributed by atoms with Crippen molar-refractivity contribution in [1.29, 1.82) is 0 Å². The number of benzene rings is 2. The molecule has 6 heteroatoms. The summed E-state index contributed by atoms with van der Waals surface area (Å²) < 4.78 is 0. The molecule has 1 atom stereocenters. The van der Waals surface area contributed by atoms with Crippen LogP contribution < -0.4 is 5.32 Å². The lowest BCUT2D eigenvalue weighted by Crippen LogP contribution is -2.47. The number of hydrogen-bond acceptors (Lipinski definition) is 4. The second kappa shape index (κ2) is 10.9. The van der Waals surface area contributed by atoms with Gasteiger partial charge in [-0.15, -0.1) is 0 Å². The van der Waals surface area contributed by atoms with Crippen LogP contribution in [0.25, 0.3) is 0 Å². The van der Waals surface area contributed by atoms with Crippen molar-refractivity contribution < 1.29 is 14.7 Å². The molecule has 2 amide bonds. The third kappa shape index (κ3) is 6.21. The minimum absolute atomic E-state index is 0.148. The van der Waals surface area contributed by atoms with E-state index in [-0.39, 0.29) is 6.54 Å². The number of nitrogens with zero attached hydrogens (tertiary/aromatic N) is 2. The van der Waals surface area contributed by atoms with Gasteiger partial charge in [0.2, 0.25) is 0 Å². The standard InChI is InChI=1S/C27H35N3O3/c1-29(18-25(31)19-30-13-11-22-9-5-6-10-23(22)12-14-30)27(33)26(32)28-17-20-15-24(16-20)21-7-3-2-4-8-21/h2-10,20,24-25,31H,11-19H2,1H3,(H,28,32). The minimum atomic E-state index is -0.689. The summed E-state index contributed by atoms with van der Waals surface area (Å²) in [5.41, 5.74) is 4.10. The highest BCUT2D eigenvalue weighted by atomic mass is 16.3. The summed E-state index contributed by atoms with van der Waals surface area (Å²) in [6, 6.07) is 18.9. The Balaban J connectivity index is 1.15. The molecular weight excluding hydrogens is 414 g/mol. The van der Waals surface area contributed by atoms with Crippen LogP contribution in [0.1, 0.15) is 35.4 Å². The SMILES string of the molecule is CN(CC(O)CN1CCc2ccccc2CC1)C(=O)C(=O)NCC1CC(c2ccccc2)C1. The molecule has 0 radical (unpaired) electrons. The zero-order chi connectivity index (χ0) is 23.2. The number of rotatable bonds is 7. The first-order chi connectivity index (χ1) is 16.0. The average Bonchev–Trinajstić information content (AvgIpc) is 3.00. The molecule has 1 saturated carbocycles. The van der Waals surface area contributed by atoms with Crippen LogP contribution in [0.5, 0.6) is 0 Å². The number of likely N-dealkylation sites (N-methyl/N-ethyl adjacent to an activating group) is 1. The molecule has 2 aliphatic rings. The van der Waals surface area contributed by atoms with E-state index in [0.717, 1.165) is 38.8 Å². The van der Waals surface area contributed by atoms with E-state index in [0.29, 0.717) is 24.9 Å². The first-order valence-corrected chi connectivity index (χ1v) is 12.0. The van der Waals surface area contributed by atoms with Crippen molar-refractivity contribution in [1.82, 2.24) is 15.1 Å². The molecular formula is C27H35N3O3. The minimum Gasteiger partial charge on any atom is -0.390 e. The molecule has 2 aromatic carbocycles. The summed E-state index contributed by atoms with van der Waals surface area (Å²) in [6.07, 6.45) is 3.31. The molecule has 6 nitrogen and oxygen atoms in total.